The number of nitrogens with one attached hydrogen (secondary N) is 1. The lowest BCUT2D eigenvalue weighted by Crippen LogP contribution is -2.08. The van der Waals surface area contributed by atoms with Crippen LogP contribution in [0.3, 0.4) is 0 Å². The zero-order chi connectivity index (χ0) is 15.9. The Balaban J connectivity index is 1.61. The van der Waals surface area contributed by atoms with E-state index in [2.05, 4.69) is 35.6 Å². The molecule has 4 heteroatoms. The van der Waals surface area contributed by atoms with Crippen molar-refractivity contribution in [3.05, 3.63) is 52.2 Å². The molecule has 2 aromatic heterocycles. The second-order valence-electron chi connectivity index (χ2n) is 6.96. The maximum absolute atomic E-state index is 4.94. The molecule has 2 aliphatic carbocycles. The van der Waals surface area contributed by atoms with E-state index in [-0.39, 0.29) is 0 Å². The van der Waals surface area contributed by atoms with E-state index in [1.165, 1.54) is 59.9 Å². The molecule has 1 aromatic carbocycles. The van der Waals surface area contributed by atoms with Crippen LogP contribution in [0, 0.1) is 0 Å². The third-order valence-electron chi connectivity index (χ3n) is 4.98. The number of aromatic nitrogens is 2. The number of hydrogen-bond acceptors (Lipinski definition) is 4. The molecule has 2 aliphatic rings. The number of hydrogen-bond donors (Lipinski definition) is 1. The molecule has 1 N–H and O–H groups in total. The standard InChI is InChI=1S/C20H21N3S/c1-2-6-13(7-3-1)12-17-22-19(21-14-10-11-14)18-15-8-4-5-9-16(15)24-20(18)23-17/h1-3,6-7,14H,4-5,8-12H2,(H,21,22,23). The highest BCUT2D eigenvalue weighted by atomic mass is 32.1. The first kappa shape index (κ1) is 14.4. The maximum Gasteiger partial charge on any atom is 0.139 e. The van der Waals surface area contributed by atoms with Gasteiger partial charge in [-0.2, -0.15) is 0 Å². The summed E-state index contributed by atoms with van der Waals surface area (Å²) in [4.78, 5) is 12.6. The van der Waals surface area contributed by atoms with E-state index in [1.54, 1.807) is 4.88 Å². The van der Waals surface area contributed by atoms with E-state index in [4.69, 9.17) is 9.97 Å². The van der Waals surface area contributed by atoms with Crippen molar-refractivity contribution in [3.63, 3.8) is 0 Å². The zero-order valence-electron chi connectivity index (χ0n) is 13.7. The molecule has 24 heavy (non-hydrogen) atoms. The molecule has 2 heterocycles. The third-order valence-corrected chi connectivity index (χ3v) is 6.17. The van der Waals surface area contributed by atoms with Crippen molar-refractivity contribution in [2.24, 2.45) is 0 Å². The van der Waals surface area contributed by atoms with Gasteiger partial charge in [-0.1, -0.05) is 30.3 Å². The third kappa shape index (κ3) is 2.69. The first-order valence-corrected chi connectivity index (χ1v) is 9.80. The first-order chi connectivity index (χ1) is 11.9. The van der Waals surface area contributed by atoms with Gasteiger partial charge in [0.1, 0.15) is 16.5 Å². The van der Waals surface area contributed by atoms with Crippen LogP contribution in [0.1, 0.15) is 47.5 Å². The van der Waals surface area contributed by atoms with Gasteiger partial charge >= 0.3 is 0 Å². The van der Waals surface area contributed by atoms with Gasteiger partial charge in [-0.3, -0.25) is 0 Å². The van der Waals surface area contributed by atoms with Gasteiger partial charge in [0.2, 0.25) is 0 Å². The largest absolute Gasteiger partial charge is 0.367 e. The lowest BCUT2D eigenvalue weighted by molar-refractivity contribution is 0.700. The molecule has 0 spiro atoms. The summed E-state index contributed by atoms with van der Waals surface area (Å²) in [5.41, 5.74) is 2.80. The van der Waals surface area contributed by atoms with E-state index in [0.717, 1.165) is 18.1 Å². The molecule has 3 nitrogen and oxygen atoms in total. The van der Waals surface area contributed by atoms with Gasteiger partial charge < -0.3 is 5.32 Å². The molecule has 3 aromatic rings. The average molecular weight is 335 g/mol. The number of aryl methyl sites for hydroxylation is 2. The van der Waals surface area contributed by atoms with Gasteiger partial charge in [0.15, 0.2) is 0 Å². The highest BCUT2D eigenvalue weighted by molar-refractivity contribution is 7.19. The molecule has 0 saturated heterocycles. The highest BCUT2D eigenvalue weighted by Crippen LogP contribution is 2.40. The average Bonchev–Trinajstić information content (AvgIpc) is 3.33. The predicted octanol–water partition coefficient (Wildman–Crippen LogP) is 4.74. The Morgan fingerprint density at radius 3 is 2.71 bits per heavy atom. The Morgan fingerprint density at radius 1 is 1.04 bits per heavy atom. The SMILES string of the molecule is c1ccc(Cc2nc(NC3CC3)c3c4c(sc3n2)CCCC4)cc1. The molecule has 0 aliphatic heterocycles. The summed E-state index contributed by atoms with van der Waals surface area (Å²) in [6.45, 7) is 0. The van der Waals surface area contributed by atoms with Crippen molar-refractivity contribution in [2.75, 3.05) is 5.32 Å². The summed E-state index contributed by atoms with van der Waals surface area (Å²) < 4.78 is 0. The van der Waals surface area contributed by atoms with E-state index >= 15 is 0 Å². The van der Waals surface area contributed by atoms with Crippen LogP contribution in [0.15, 0.2) is 30.3 Å². The van der Waals surface area contributed by atoms with Crippen LogP contribution in [0.5, 0.6) is 0 Å². The van der Waals surface area contributed by atoms with E-state index in [1.807, 2.05) is 11.3 Å². The Bertz CT molecular complexity index is 881. The summed E-state index contributed by atoms with van der Waals surface area (Å²) in [6.07, 6.45) is 8.36. The van der Waals surface area contributed by atoms with Crippen LogP contribution in [0.25, 0.3) is 10.2 Å². The van der Waals surface area contributed by atoms with Crippen molar-refractivity contribution in [2.45, 2.75) is 51.0 Å². The van der Waals surface area contributed by atoms with Gasteiger partial charge in [0.25, 0.3) is 0 Å². The number of anilines is 1. The summed E-state index contributed by atoms with van der Waals surface area (Å²) in [7, 11) is 0. The van der Waals surface area contributed by atoms with Crippen LogP contribution >= 0.6 is 11.3 Å². The van der Waals surface area contributed by atoms with Crippen molar-refractivity contribution >= 4 is 27.4 Å². The minimum Gasteiger partial charge on any atom is -0.367 e. The smallest absolute Gasteiger partial charge is 0.139 e. The number of thiophene rings is 1. The molecule has 1 saturated carbocycles. The quantitative estimate of drug-likeness (QED) is 0.748. The molecule has 0 radical (unpaired) electrons. The highest BCUT2D eigenvalue weighted by Gasteiger charge is 2.26. The Morgan fingerprint density at radius 2 is 1.88 bits per heavy atom. The molecule has 122 valence electrons. The van der Waals surface area contributed by atoms with Crippen LogP contribution < -0.4 is 5.32 Å². The van der Waals surface area contributed by atoms with E-state index < -0.39 is 0 Å². The summed E-state index contributed by atoms with van der Waals surface area (Å²) >= 11 is 1.89. The Hall–Kier alpha value is -1.94. The summed E-state index contributed by atoms with van der Waals surface area (Å²) in [5.74, 6) is 2.03. The lowest BCUT2D eigenvalue weighted by Gasteiger charge is -2.13. The monoisotopic (exact) mass is 335 g/mol. The number of benzene rings is 1. The van der Waals surface area contributed by atoms with Gasteiger partial charge in [-0.15, -0.1) is 11.3 Å². The van der Waals surface area contributed by atoms with Crippen molar-refractivity contribution < 1.29 is 0 Å². The van der Waals surface area contributed by atoms with Gasteiger partial charge in [-0.05, 0) is 49.7 Å². The minimum atomic E-state index is 0.617. The number of nitrogens with zero attached hydrogens (tertiary/aromatic N) is 2. The summed E-state index contributed by atoms with van der Waals surface area (Å²) in [6, 6.07) is 11.2. The van der Waals surface area contributed by atoms with E-state index in [9.17, 15) is 0 Å². The molecule has 0 atom stereocenters. The zero-order valence-corrected chi connectivity index (χ0v) is 14.5. The van der Waals surface area contributed by atoms with Crippen molar-refractivity contribution in [1.29, 1.82) is 0 Å². The molecule has 1 fully saturated rings. The van der Waals surface area contributed by atoms with Crippen molar-refractivity contribution in [3.8, 4) is 0 Å². The molecule has 5 rings (SSSR count). The fourth-order valence-corrected chi connectivity index (χ4v) is 4.86. The molecule has 0 bridgehead atoms. The van der Waals surface area contributed by atoms with Gasteiger partial charge in [0.05, 0.1) is 5.39 Å². The summed E-state index contributed by atoms with van der Waals surface area (Å²) in [5, 5.41) is 4.99. The van der Waals surface area contributed by atoms with Gasteiger partial charge in [0, 0.05) is 17.3 Å². The van der Waals surface area contributed by atoms with Gasteiger partial charge in [-0.25, -0.2) is 9.97 Å². The van der Waals surface area contributed by atoms with Crippen LogP contribution in [0.4, 0.5) is 5.82 Å². The topological polar surface area (TPSA) is 37.8 Å². The van der Waals surface area contributed by atoms with Crippen molar-refractivity contribution in [1.82, 2.24) is 9.97 Å². The second-order valence-corrected chi connectivity index (χ2v) is 8.04. The van der Waals surface area contributed by atoms with Crippen LogP contribution in [-0.2, 0) is 19.3 Å². The lowest BCUT2D eigenvalue weighted by atomic mass is 9.97. The Kier molecular flexibility index (Phi) is 3.51. The fraction of sp³-hybridized carbons (Fsp3) is 0.400. The molecular weight excluding hydrogens is 314 g/mol. The molecule has 0 unspecified atom stereocenters. The normalized spacial score (nSPS) is 17.0. The molecule has 0 amide bonds. The first-order valence-electron chi connectivity index (χ1n) is 8.98. The molecular formula is C20H21N3S. The minimum absolute atomic E-state index is 0.617. The number of rotatable bonds is 4. The number of fused-ring (bicyclic) bond motifs is 3. The van der Waals surface area contributed by atoms with Crippen LogP contribution in [-0.4, -0.2) is 16.0 Å². The van der Waals surface area contributed by atoms with E-state index in [0.29, 0.717) is 6.04 Å². The Labute approximate surface area is 146 Å². The predicted molar refractivity (Wildman–Crippen MR) is 99.9 cm³/mol. The second kappa shape index (κ2) is 5.85. The van der Waals surface area contributed by atoms with Crippen LogP contribution in [0.2, 0.25) is 0 Å². The fourth-order valence-electron chi connectivity index (χ4n) is 3.58. The maximum atomic E-state index is 4.94.